The van der Waals surface area contributed by atoms with Crippen LogP contribution in [0.3, 0.4) is 0 Å². The highest BCUT2D eigenvalue weighted by molar-refractivity contribution is 5.84. The molecule has 3 nitrogen and oxygen atoms in total. The van der Waals surface area contributed by atoms with Gasteiger partial charge in [-0.1, -0.05) is 30.3 Å². The second-order valence-electron chi connectivity index (χ2n) is 4.82. The van der Waals surface area contributed by atoms with Crippen molar-refractivity contribution in [2.45, 2.75) is 37.6 Å². The van der Waals surface area contributed by atoms with Gasteiger partial charge in [-0.15, -0.1) is 0 Å². The number of carbonyl (C=O) groups excluding carboxylic acids is 1. The summed E-state index contributed by atoms with van der Waals surface area (Å²) in [5, 5.41) is 3.33. The Morgan fingerprint density at radius 1 is 1.29 bits per heavy atom. The third-order valence-corrected chi connectivity index (χ3v) is 3.65. The van der Waals surface area contributed by atoms with Gasteiger partial charge in [0.2, 0.25) is 5.91 Å². The van der Waals surface area contributed by atoms with E-state index in [-0.39, 0.29) is 5.91 Å². The minimum absolute atomic E-state index is 0.201. The van der Waals surface area contributed by atoms with Crippen LogP contribution in [0.4, 0.5) is 0 Å². The van der Waals surface area contributed by atoms with Crippen molar-refractivity contribution in [3.8, 4) is 0 Å². The molecule has 92 valence electrons. The van der Waals surface area contributed by atoms with Crippen LogP contribution in [0.1, 0.15) is 31.2 Å². The van der Waals surface area contributed by atoms with E-state index in [1.165, 1.54) is 5.56 Å². The zero-order chi connectivity index (χ0) is 12.1. The number of aryl methyl sites for hydroxylation is 1. The first-order valence-electron chi connectivity index (χ1n) is 6.32. The number of hydrogen-bond donors (Lipinski definition) is 2. The topological polar surface area (TPSA) is 55.1 Å². The van der Waals surface area contributed by atoms with Gasteiger partial charge in [-0.25, -0.2) is 0 Å². The molecule has 0 radical (unpaired) electrons. The van der Waals surface area contributed by atoms with Crippen LogP contribution in [0.25, 0.3) is 0 Å². The van der Waals surface area contributed by atoms with E-state index in [1.807, 2.05) is 18.2 Å². The summed E-state index contributed by atoms with van der Waals surface area (Å²) in [6.45, 7) is 0.901. The van der Waals surface area contributed by atoms with E-state index in [2.05, 4.69) is 17.4 Å². The standard InChI is InChI=1S/C14H20N2O/c15-13(17)14(9-4-5-11-16-14)10-8-12-6-2-1-3-7-12/h1-3,6-7,16H,4-5,8-11H2,(H2,15,17). The predicted octanol–water partition coefficient (Wildman–Crippen LogP) is 1.62. The van der Waals surface area contributed by atoms with Gasteiger partial charge >= 0.3 is 0 Å². The van der Waals surface area contributed by atoms with Gasteiger partial charge in [0.1, 0.15) is 0 Å². The fourth-order valence-electron chi connectivity index (χ4n) is 2.52. The van der Waals surface area contributed by atoms with Gasteiger partial charge in [-0.3, -0.25) is 4.79 Å². The number of piperidine rings is 1. The molecule has 0 spiro atoms. The minimum Gasteiger partial charge on any atom is -0.368 e. The number of benzene rings is 1. The van der Waals surface area contributed by atoms with Gasteiger partial charge in [0.25, 0.3) is 0 Å². The molecule has 1 fully saturated rings. The van der Waals surface area contributed by atoms with E-state index in [4.69, 9.17) is 5.73 Å². The quantitative estimate of drug-likeness (QED) is 0.828. The zero-order valence-electron chi connectivity index (χ0n) is 10.1. The van der Waals surface area contributed by atoms with E-state index in [1.54, 1.807) is 0 Å². The average Bonchev–Trinajstić information content (AvgIpc) is 2.38. The van der Waals surface area contributed by atoms with Crippen molar-refractivity contribution >= 4 is 5.91 Å². The Bertz CT molecular complexity index is 369. The summed E-state index contributed by atoms with van der Waals surface area (Å²) in [6, 6.07) is 10.3. The molecule has 1 aliphatic heterocycles. The van der Waals surface area contributed by atoms with E-state index >= 15 is 0 Å². The highest BCUT2D eigenvalue weighted by Gasteiger charge is 2.36. The molecule has 1 unspecified atom stereocenters. The molecular weight excluding hydrogens is 212 g/mol. The lowest BCUT2D eigenvalue weighted by atomic mass is 9.83. The number of nitrogens with one attached hydrogen (secondary N) is 1. The molecule has 3 N–H and O–H groups in total. The van der Waals surface area contributed by atoms with E-state index in [9.17, 15) is 4.79 Å². The highest BCUT2D eigenvalue weighted by Crippen LogP contribution is 2.24. The molecule has 1 aromatic rings. The summed E-state index contributed by atoms with van der Waals surface area (Å²) >= 11 is 0. The maximum Gasteiger partial charge on any atom is 0.237 e. The maximum absolute atomic E-state index is 11.7. The third-order valence-electron chi connectivity index (χ3n) is 3.65. The van der Waals surface area contributed by atoms with Crippen LogP contribution in [-0.4, -0.2) is 18.0 Å². The monoisotopic (exact) mass is 232 g/mol. The van der Waals surface area contributed by atoms with E-state index in [0.29, 0.717) is 0 Å². The highest BCUT2D eigenvalue weighted by atomic mass is 16.1. The van der Waals surface area contributed by atoms with Crippen LogP contribution in [0.2, 0.25) is 0 Å². The van der Waals surface area contributed by atoms with Crippen LogP contribution in [0.15, 0.2) is 30.3 Å². The molecule has 0 bridgehead atoms. The molecule has 1 saturated heterocycles. The lowest BCUT2D eigenvalue weighted by Crippen LogP contribution is -2.57. The van der Waals surface area contributed by atoms with Gasteiger partial charge in [0.05, 0.1) is 5.54 Å². The van der Waals surface area contributed by atoms with Crippen LogP contribution < -0.4 is 11.1 Å². The summed E-state index contributed by atoms with van der Waals surface area (Å²) in [5.41, 5.74) is 6.35. The smallest absolute Gasteiger partial charge is 0.237 e. The Balaban J connectivity index is 2.01. The molecule has 17 heavy (non-hydrogen) atoms. The number of rotatable bonds is 4. The third kappa shape index (κ3) is 2.86. The molecule has 0 aromatic heterocycles. The van der Waals surface area contributed by atoms with Gasteiger partial charge in [0.15, 0.2) is 0 Å². The fraction of sp³-hybridized carbons (Fsp3) is 0.500. The van der Waals surface area contributed by atoms with Gasteiger partial charge in [-0.05, 0) is 44.2 Å². The number of primary amides is 1. The molecule has 1 amide bonds. The molecule has 0 saturated carbocycles. The first-order valence-corrected chi connectivity index (χ1v) is 6.32. The SMILES string of the molecule is NC(=O)C1(CCc2ccccc2)CCCCN1. The summed E-state index contributed by atoms with van der Waals surface area (Å²) in [6.07, 6.45) is 4.80. The van der Waals surface area contributed by atoms with Gasteiger partial charge in [-0.2, -0.15) is 0 Å². The second-order valence-corrected chi connectivity index (χ2v) is 4.82. The lowest BCUT2D eigenvalue weighted by molar-refractivity contribution is -0.125. The predicted molar refractivity (Wildman–Crippen MR) is 68.5 cm³/mol. The van der Waals surface area contributed by atoms with Crippen molar-refractivity contribution in [3.05, 3.63) is 35.9 Å². The van der Waals surface area contributed by atoms with Crippen molar-refractivity contribution in [1.29, 1.82) is 0 Å². The van der Waals surface area contributed by atoms with Crippen molar-refractivity contribution < 1.29 is 4.79 Å². The van der Waals surface area contributed by atoms with Crippen molar-refractivity contribution in [2.24, 2.45) is 5.73 Å². The Kier molecular flexibility index (Phi) is 3.79. The van der Waals surface area contributed by atoms with Crippen LogP contribution in [0.5, 0.6) is 0 Å². The van der Waals surface area contributed by atoms with Crippen LogP contribution >= 0.6 is 0 Å². The zero-order valence-corrected chi connectivity index (χ0v) is 10.1. The van der Waals surface area contributed by atoms with Crippen molar-refractivity contribution in [2.75, 3.05) is 6.54 Å². The van der Waals surface area contributed by atoms with Gasteiger partial charge in [0, 0.05) is 0 Å². The van der Waals surface area contributed by atoms with Crippen LogP contribution in [0, 0.1) is 0 Å². The first-order chi connectivity index (χ1) is 8.23. The Morgan fingerprint density at radius 2 is 2.06 bits per heavy atom. The molecule has 0 aliphatic carbocycles. The summed E-state index contributed by atoms with van der Waals surface area (Å²) < 4.78 is 0. The average molecular weight is 232 g/mol. The summed E-state index contributed by atoms with van der Waals surface area (Å²) in [7, 11) is 0. The number of carbonyl (C=O) groups is 1. The Morgan fingerprint density at radius 3 is 2.65 bits per heavy atom. The van der Waals surface area contributed by atoms with Crippen molar-refractivity contribution in [1.82, 2.24) is 5.32 Å². The molecule has 1 aliphatic rings. The molecule has 1 atom stereocenters. The van der Waals surface area contributed by atoms with E-state index < -0.39 is 5.54 Å². The molecule has 1 heterocycles. The Hall–Kier alpha value is -1.35. The maximum atomic E-state index is 11.7. The molecule has 1 aromatic carbocycles. The fourth-order valence-corrected chi connectivity index (χ4v) is 2.52. The van der Waals surface area contributed by atoms with Crippen LogP contribution in [-0.2, 0) is 11.2 Å². The molecular formula is C14H20N2O. The summed E-state index contributed by atoms with van der Waals surface area (Å²) in [4.78, 5) is 11.7. The Labute approximate surface area is 102 Å². The first kappa shape index (κ1) is 12.1. The lowest BCUT2D eigenvalue weighted by Gasteiger charge is -2.35. The van der Waals surface area contributed by atoms with E-state index in [0.717, 1.165) is 38.6 Å². The second kappa shape index (κ2) is 5.32. The number of nitrogens with two attached hydrogens (primary N) is 1. The molecule has 3 heteroatoms. The van der Waals surface area contributed by atoms with Gasteiger partial charge < -0.3 is 11.1 Å². The minimum atomic E-state index is -0.478. The number of amides is 1. The normalized spacial score (nSPS) is 24.5. The van der Waals surface area contributed by atoms with Crippen molar-refractivity contribution in [3.63, 3.8) is 0 Å². The molecule has 2 rings (SSSR count). The summed E-state index contributed by atoms with van der Waals surface area (Å²) in [5.74, 6) is -0.201. The number of hydrogen-bond acceptors (Lipinski definition) is 2. The largest absolute Gasteiger partial charge is 0.368 e.